The molecule has 0 aliphatic heterocycles. The molecule has 0 amide bonds. The van der Waals surface area contributed by atoms with Gasteiger partial charge in [0.2, 0.25) is 0 Å². The van der Waals surface area contributed by atoms with Crippen molar-refractivity contribution in [1.29, 1.82) is 0 Å². The smallest absolute Gasteiger partial charge is 0.139 e. The first-order valence-corrected chi connectivity index (χ1v) is 7.08. The molecule has 2 nitrogen and oxygen atoms in total. The lowest BCUT2D eigenvalue weighted by Gasteiger charge is -2.04. The van der Waals surface area contributed by atoms with Gasteiger partial charge < -0.3 is 0 Å². The van der Waals surface area contributed by atoms with Crippen LogP contribution in [0.15, 0.2) is 30.3 Å². The Morgan fingerprint density at radius 1 is 1.24 bits per heavy atom. The molecule has 1 atom stereocenters. The molecule has 1 unspecified atom stereocenters. The number of halogens is 1. The Morgan fingerprint density at radius 3 is 2.71 bits per heavy atom. The number of nitrogens with zero attached hydrogens (tertiary/aromatic N) is 2. The van der Waals surface area contributed by atoms with E-state index in [2.05, 4.69) is 17.1 Å². The molecule has 0 aliphatic carbocycles. The molecule has 0 saturated carbocycles. The Hall–Kier alpha value is -0.930. The predicted molar refractivity (Wildman–Crippen MR) is 72.7 cm³/mol. The topological polar surface area (TPSA) is 25.8 Å². The lowest BCUT2D eigenvalue weighted by atomic mass is 10.1. The van der Waals surface area contributed by atoms with Crippen molar-refractivity contribution in [3.63, 3.8) is 0 Å². The second-order valence-corrected chi connectivity index (χ2v) is 5.44. The van der Waals surface area contributed by atoms with Gasteiger partial charge in [0.15, 0.2) is 0 Å². The van der Waals surface area contributed by atoms with Gasteiger partial charge in [0.1, 0.15) is 15.4 Å². The van der Waals surface area contributed by atoms with Crippen molar-refractivity contribution in [3.8, 4) is 0 Å². The zero-order valence-electron chi connectivity index (χ0n) is 9.77. The summed E-state index contributed by atoms with van der Waals surface area (Å²) in [6.45, 7) is 2.18. The molecular weight excluding hydrogens is 252 g/mol. The van der Waals surface area contributed by atoms with Crippen LogP contribution in [0.25, 0.3) is 0 Å². The Bertz CT molecular complexity index is 455. The number of aromatic nitrogens is 2. The highest BCUT2D eigenvalue weighted by atomic mass is 35.5. The maximum absolute atomic E-state index is 6.39. The minimum atomic E-state index is -0.177. The fourth-order valence-corrected chi connectivity index (χ4v) is 2.78. The summed E-state index contributed by atoms with van der Waals surface area (Å²) in [5, 5.41) is 10.2. The van der Waals surface area contributed by atoms with E-state index in [1.165, 1.54) is 6.42 Å². The molecule has 0 fully saturated rings. The molecule has 1 aromatic carbocycles. The molecule has 90 valence electrons. The Kier molecular flexibility index (Phi) is 4.51. The van der Waals surface area contributed by atoms with Crippen LogP contribution in [0.2, 0.25) is 0 Å². The quantitative estimate of drug-likeness (QED) is 0.758. The summed E-state index contributed by atoms with van der Waals surface area (Å²) >= 11 is 8.01. The van der Waals surface area contributed by atoms with Gasteiger partial charge in [-0.15, -0.1) is 21.8 Å². The molecule has 2 aromatic rings. The van der Waals surface area contributed by atoms with Crippen molar-refractivity contribution in [2.75, 3.05) is 0 Å². The average molecular weight is 267 g/mol. The Balaban J connectivity index is 2.09. The summed E-state index contributed by atoms with van der Waals surface area (Å²) in [5.41, 5.74) is 1.08. The summed E-state index contributed by atoms with van der Waals surface area (Å²) in [6.07, 6.45) is 3.34. The lowest BCUT2D eigenvalue weighted by Crippen LogP contribution is -1.91. The minimum absolute atomic E-state index is 0.177. The molecule has 0 spiro atoms. The molecule has 1 heterocycles. The summed E-state index contributed by atoms with van der Waals surface area (Å²) < 4.78 is 0. The van der Waals surface area contributed by atoms with Gasteiger partial charge in [0, 0.05) is 6.42 Å². The van der Waals surface area contributed by atoms with Gasteiger partial charge in [-0.3, -0.25) is 0 Å². The molecule has 17 heavy (non-hydrogen) atoms. The fourth-order valence-electron chi connectivity index (χ4n) is 1.56. The van der Waals surface area contributed by atoms with Crippen molar-refractivity contribution < 1.29 is 0 Å². The van der Waals surface area contributed by atoms with Crippen molar-refractivity contribution in [3.05, 3.63) is 45.9 Å². The molecule has 0 radical (unpaired) electrons. The predicted octanol–water partition coefficient (Wildman–Crippen LogP) is 4.21. The van der Waals surface area contributed by atoms with Gasteiger partial charge in [-0.05, 0) is 12.0 Å². The second-order valence-electron chi connectivity index (χ2n) is 3.91. The summed E-state index contributed by atoms with van der Waals surface area (Å²) in [5.74, 6) is 0. The van der Waals surface area contributed by atoms with E-state index < -0.39 is 0 Å². The summed E-state index contributed by atoms with van der Waals surface area (Å²) in [7, 11) is 0. The number of alkyl halides is 1. The number of benzene rings is 1. The Labute approximate surface area is 111 Å². The molecule has 0 N–H and O–H groups in total. The molecule has 0 aliphatic rings. The Morgan fingerprint density at radius 2 is 2.00 bits per heavy atom. The van der Waals surface area contributed by atoms with Crippen LogP contribution < -0.4 is 0 Å². The monoisotopic (exact) mass is 266 g/mol. The van der Waals surface area contributed by atoms with Gasteiger partial charge in [-0.1, -0.05) is 55.0 Å². The van der Waals surface area contributed by atoms with Crippen molar-refractivity contribution in [2.45, 2.75) is 31.6 Å². The molecule has 4 heteroatoms. The number of unbranched alkanes of at least 4 members (excludes halogenated alkanes) is 1. The van der Waals surface area contributed by atoms with E-state index >= 15 is 0 Å². The zero-order valence-corrected chi connectivity index (χ0v) is 11.3. The van der Waals surface area contributed by atoms with Crippen LogP contribution in [-0.2, 0) is 6.42 Å². The first-order chi connectivity index (χ1) is 8.31. The summed E-state index contributed by atoms with van der Waals surface area (Å²) in [4.78, 5) is 0. The third kappa shape index (κ3) is 3.27. The van der Waals surface area contributed by atoms with Crippen molar-refractivity contribution in [2.24, 2.45) is 0 Å². The first kappa shape index (κ1) is 12.5. The zero-order chi connectivity index (χ0) is 12.1. The van der Waals surface area contributed by atoms with E-state index in [9.17, 15) is 0 Å². The van der Waals surface area contributed by atoms with Crippen LogP contribution in [0.1, 0.15) is 40.7 Å². The normalized spacial score (nSPS) is 12.6. The van der Waals surface area contributed by atoms with Crippen LogP contribution in [-0.4, -0.2) is 10.2 Å². The largest absolute Gasteiger partial charge is 0.143 e. The van der Waals surface area contributed by atoms with Crippen LogP contribution in [0.5, 0.6) is 0 Å². The van der Waals surface area contributed by atoms with Crippen LogP contribution in [0.4, 0.5) is 0 Å². The van der Waals surface area contributed by atoms with Crippen molar-refractivity contribution >= 4 is 22.9 Å². The number of aryl methyl sites for hydroxylation is 1. The van der Waals surface area contributed by atoms with Gasteiger partial charge in [0.25, 0.3) is 0 Å². The maximum Gasteiger partial charge on any atom is 0.139 e. The minimum Gasteiger partial charge on any atom is -0.143 e. The van der Waals surface area contributed by atoms with Crippen LogP contribution in [0.3, 0.4) is 0 Å². The maximum atomic E-state index is 6.39. The van der Waals surface area contributed by atoms with Crippen LogP contribution >= 0.6 is 22.9 Å². The standard InChI is InChI=1S/C13H15ClN2S/c1-2-3-9-11-15-16-13(17-11)12(14)10-7-5-4-6-8-10/h4-8,12H,2-3,9H2,1H3. The van der Waals surface area contributed by atoms with Gasteiger partial charge in [-0.25, -0.2) is 0 Å². The van der Waals surface area contributed by atoms with Crippen LogP contribution in [0, 0.1) is 0 Å². The van der Waals surface area contributed by atoms with Gasteiger partial charge in [-0.2, -0.15) is 0 Å². The van der Waals surface area contributed by atoms with E-state index in [-0.39, 0.29) is 5.38 Å². The van der Waals surface area contributed by atoms with E-state index in [1.54, 1.807) is 11.3 Å². The number of hydrogen-bond donors (Lipinski definition) is 0. The first-order valence-electron chi connectivity index (χ1n) is 5.82. The van der Waals surface area contributed by atoms with E-state index in [0.29, 0.717) is 0 Å². The third-order valence-corrected chi connectivity index (χ3v) is 4.17. The molecule has 2 rings (SSSR count). The average Bonchev–Trinajstić information content (AvgIpc) is 2.85. The highest BCUT2D eigenvalue weighted by molar-refractivity contribution is 7.11. The van der Waals surface area contributed by atoms with E-state index in [0.717, 1.165) is 28.4 Å². The number of rotatable bonds is 5. The second kappa shape index (κ2) is 6.12. The van der Waals surface area contributed by atoms with E-state index in [1.807, 2.05) is 30.3 Å². The fraction of sp³-hybridized carbons (Fsp3) is 0.385. The lowest BCUT2D eigenvalue weighted by molar-refractivity contribution is 0.777. The SMILES string of the molecule is CCCCc1nnc(C(Cl)c2ccccc2)s1. The van der Waals surface area contributed by atoms with Gasteiger partial charge in [0.05, 0.1) is 0 Å². The van der Waals surface area contributed by atoms with Gasteiger partial charge >= 0.3 is 0 Å². The highest BCUT2D eigenvalue weighted by Gasteiger charge is 2.15. The van der Waals surface area contributed by atoms with E-state index in [4.69, 9.17) is 11.6 Å². The molecule has 0 saturated heterocycles. The molecule has 1 aromatic heterocycles. The third-order valence-electron chi connectivity index (χ3n) is 2.54. The summed E-state index contributed by atoms with van der Waals surface area (Å²) in [6, 6.07) is 10.0. The number of hydrogen-bond acceptors (Lipinski definition) is 3. The van der Waals surface area contributed by atoms with Crippen molar-refractivity contribution in [1.82, 2.24) is 10.2 Å². The molecular formula is C13H15ClN2S. The highest BCUT2D eigenvalue weighted by Crippen LogP contribution is 2.30. The molecule has 0 bridgehead atoms.